The van der Waals surface area contributed by atoms with Crippen LogP contribution in [0.2, 0.25) is 0 Å². The Morgan fingerprint density at radius 1 is 0.377 bits per heavy atom. The van der Waals surface area contributed by atoms with Crippen LogP contribution < -0.4 is 4.90 Å². The molecule has 1 nitrogen and oxygen atoms in total. The molecule has 1 spiro atoms. The zero-order valence-electron chi connectivity index (χ0n) is 34.6. The minimum atomic E-state index is -0.291. The van der Waals surface area contributed by atoms with Crippen LogP contribution in [0, 0.1) is 23.7 Å². The fourth-order valence-electron chi connectivity index (χ4n) is 14.5. The Hall–Kier alpha value is -6.44. The SMILES string of the molecule is CC12c3ccccc3-c3cccc(c31)N(c1ccc(-c3ccccc3)cc1)c1ccc(-c3ccc(-c4cccc5c4C4(c6ccccc6-5)C5CC6CC(C5)CC4C6)cc3)cc12. The van der Waals surface area contributed by atoms with E-state index in [2.05, 4.69) is 194 Å². The van der Waals surface area contributed by atoms with Crippen LogP contribution in [-0.4, -0.2) is 0 Å². The predicted molar refractivity (Wildman–Crippen MR) is 252 cm³/mol. The van der Waals surface area contributed by atoms with E-state index >= 15 is 0 Å². The van der Waals surface area contributed by atoms with Crippen LogP contribution in [0.1, 0.15) is 66.8 Å². The standard InChI is InChI=1S/C60H47N/c1-59-52-18-7-5-13-48(52)51-17-10-20-56(58(51)59)61(46-28-25-40(26-29-46)39-11-3-2-4-12-39)55-30-27-43(36-54(55)59)41-21-23-42(24-22-41)47-15-9-16-50-49-14-6-8-19-53(49)60(57(47)50)44-32-37-31-38(34-44)35-45(60)33-37/h2-30,36-38,44-45H,31-35H2,1H3. The van der Waals surface area contributed by atoms with Crippen molar-refractivity contribution in [2.75, 3.05) is 4.90 Å². The first-order valence-electron chi connectivity index (χ1n) is 22.8. The summed E-state index contributed by atoms with van der Waals surface area (Å²) in [6.45, 7) is 2.47. The average molecular weight is 782 g/mol. The molecule has 6 aliphatic carbocycles. The van der Waals surface area contributed by atoms with Crippen LogP contribution in [0.25, 0.3) is 55.6 Å². The van der Waals surface area contributed by atoms with Crippen molar-refractivity contribution in [2.45, 2.75) is 49.9 Å². The molecule has 0 saturated heterocycles. The molecule has 15 rings (SSSR count). The number of benzene rings is 8. The van der Waals surface area contributed by atoms with Gasteiger partial charge in [0, 0.05) is 16.5 Å². The Bertz CT molecular complexity index is 3070. The third kappa shape index (κ3) is 4.47. The molecule has 1 aliphatic heterocycles. The van der Waals surface area contributed by atoms with E-state index in [0.717, 1.165) is 23.7 Å². The number of hydrogen-bond acceptors (Lipinski definition) is 1. The number of rotatable bonds is 4. The Morgan fingerprint density at radius 2 is 0.902 bits per heavy atom. The van der Waals surface area contributed by atoms with Crippen molar-refractivity contribution in [2.24, 2.45) is 23.7 Å². The highest BCUT2D eigenvalue weighted by atomic mass is 15.2. The maximum Gasteiger partial charge on any atom is 0.0512 e. The van der Waals surface area contributed by atoms with Gasteiger partial charge >= 0.3 is 0 Å². The van der Waals surface area contributed by atoms with Crippen molar-refractivity contribution in [1.82, 2.24) is 0 Å². The second-order valence-electron chi connectivity index (χ2n) is 19.4. The van der Waals surface area contributed by atoms with Gasteiger partial charge in [-0.25, -0.2) is 0 Å². The fourth-order valence-corrected chi connectivity index (χ4v) is 14.5. The second kappa shape index (κ2) is 12.3. The van der Waals surface area contributed by atoms with Crippen molar-refractivity contribution >= 4 is 17.1 Å². The van der Waals surface area contributed by atoms with E-state index < -0.39 is 0 Å². The molecule has 0 N–H and O–H groups in total. The topological polar surface area (TPSA) is 3.24 Å². The molecular weight excluding hydrogens is 735 g/mol. The highest BCUT2D eigenvalue weighted by molar-refractivity contribution is 5.98. The van der Waals surface area contributed by atoms with Gasteiger partial charge < -0.3 is 4.90 Å². The number of nitrogens with zero attached hydrogens (tertiary/aromatic N) is 1. The summed E-state index contributed by atoms with van der Waals surface area (Å²) in [6, 6.07) is 69.5. The fraction of sp³-hybridized carbons (Fsp3) is 0.200. The number of anilines is 3. The van der Waals surface area contributed by atoms with E-state index in [1.165, 1.54) is 121 Å². The summed E-state index contributed by atoms with van der Waals surface area (Å²) in [7, 11) is 0. The summed E-state index contributed by atoms with van der Waals surface area (Å²) in [6.07, 6.45) is 7.08. The molecule has 0 aromatic heterocycles. The molecule has 292 valence electrons. The molecule has 1 heterocycles. The van der Waals surface area contributed by atoms with Crippen LogP contribution in [0.4, 0.5) is 17.1 Å². The summed E-state index contributed by atoms with van der Waals surface area (Å²) in [4.78, 5) is 2.51. The van der Waals surface area contributed by atoms with Crippen molar-refractivity contribution < 1.29 is 0 Å². The lowest BCUT2D eigenvalue weighted by atomic mass is 9.42. The Labute approximate surface area is 359 Å². The van der Waals surface area contributed by atoms with Crippen LogP contribution in [0.15, 0.2) is 182 Å². The third-order valence-corrected chi connectivity index (χ3v) is 16.6. The summed E-state index contributed by atoms with van der Waals surface area (Å²) in [5.41, 5.74) is 24.4. The lowest BCUT2D eigenvalue weighted by molar-refractivity contribution is -0.0397. The first-order valence-corrected chi connectivity index (χ1v) is 22.8. The van der Waals surface area contributed by atoms with Crippen molar-refractivity contribution in [3.63, 3.8) is 0 Å². The van der Waals surface area contributed by atoms with E-state index in [0.29, 0.717) is 0 Å². The Balaban J connectivity index is 0.898. The molecule has 7 aliphatic rings. The Kier molecular flexibility index (Phi) is 6.93. The molecule has 0 amide bonds. The van der Waals surface area contributed by atoms with E-state index in [1.54, 1.807) is 11.1 Å². The molecule has 4 bridgehead atoms. The monoisotopic (exact) mass is 781 g/mol. The van der Waals surface area contributed by atoms with Crippen LogP contribution in [0.5, 0.6) is 0 Å². The molecular formula is C60H47N. The molecule has 0 radical (unpaired) electrons. The molecule has 61 heavy (non-hydrogen) atoms. The van der Waals surface area contributed by atoms with E-state index in [1.807, 2.05) is 0 Å². The average Bonchev–Trinajstić information content (AvgIpc) is 3.77. The summed E-state index contributed by atoms with van der Waals surface area (Å²) in [5, 5.41) is 0. The summed E-state index contributed by atoms with van der Waals surface area (Å²) >= 11 is 0. The van der Waals surface area contributed by atoms with Gasteiger partial charge in [-0.2, -0.15) is 0 Å². The quantitative estimate of drug-likeness (QED) is 0.172. The van der Waals surface area contributed by atoms with Gasteiger partial charge in [-0.1, -0.05) is 152 Å². The first-order chi connectivity index (χ1) is 30.1. The highest BCUT2D eigenvalue weighted by Gasteiger charge is 2.62. The normalized spacial score (nSPS) is 25.2. The van der Waals surface area contributed by atoms with Gasteiger partial charge in [-0.15, -0.1) is 0 Å². The minimum absolute atomic E-state index is 0.142. The van der Waals surface area contributed by atoms with E-state index in [-0.39, 0.29) is 10.8 Å². The van der Waals surface area contributed by atoms with Gasteiger partial charge in [0.05, 0.1) is 11.4 Å². The lowest BCUT2D eigenvalue weighted by Gasteiger charge is -2.61. The third-order valence-electron chi connectivity index (χ3n) is 16.6. The second-order valence-corrected chi connectivity index (χ2v) is 19.4. The number of fused-ring (bicyclic) bond motifs is 8. The van der Waals surface area contributed by atoms with Crippen LogP contribution >= 0.6 is 0 Å². The Morgan fingerprint density at radius 3 is 1.64 bits per heavy atom. The van der Waals surface area contributed by atoms with Gasteiger partial charge in [0.15, 0.2) is 0 Å². The molecule has 8 aromatic rings. The summed E-state index contributed by atoms with van der Waals surface area (Å²) in [5.74, 6) is 3.35. The largest absolute Gasteiger partial charge is 0.310 e. The van der Waals surface area contributed by atoms with Gasteiger partial charge in [0.2, 0.25) is 0 Å². The predicted octanol–water partition coefficient (Wildman–Crippen LogP) is 15.5. The molecule has 4 fully saturated rings. The first kappa shape index (κ1) is 34.3. The van der Waals surface area contributed by atoms with Crippen LogP contribution in [-0.2, 0) is 10.8 Å². The van der Waals surface area contributed by atoms with Gasteiger partial charge in [-0.05, 0) is 176 Å². The molecule has 1 heteroatoms. The van der Waals surface area contributed by atoms with Gasteiger partial charge in [0.25, 0.3) is 0 Å². The molecule has 1 atom stereocenters. The zero-order valence-corrected chi connectivity index (χ0v) is 34.6. The van der Waals surface area contributed by atoms with E-state index in [9.17, 15) is 0 Å². The van der Waals surface area contributed by atoms with Gasteiger partial charge in [0.1, 0.15) is 0 Å². The smallest absolute Gasteiger partial charge is 0.0512 e. The molecule has 8 aromatic carbocycles. The maximum absolute atomic E-state index is 2.51. The molecule has 4 saturated carbocycles. The van der Waals surface area contributed by atoms with Crippen molar-refractivity contribution in [3.8, 4) is 55.6 Å². The molecule has 1 unspecified atom stereocenters. The van der Waals surface area contributed by atoms with Crippen LogP contribution in [0.3, 0.4) is 0 Å². The summed E-state index contributed by atoms with van der Waals surface area (Å²) < 4.78 is 0. The van der Waals surface area contributed by atoms with E-state index in [4.69, 9.17) is 0 Å². The maximum atomic E-state index is 2.51. The minimum Gasteiger partial charge on any atom is -0.310 e. The zero-order chi connectivity index (χ0) is 40.0. The lowest BCUT2D eigenvalue weighted by Crippen LogP contribution is -2.55. The van der Waals surface area contributed by atoms with Gasteiger partial charge in [-0.3, -0.25) is 0 Å². The highest BCUT2D eigenvalue weighted by Crippen LogP contribution is 2.70. The number of hydrogen-bond donors (Lipinski definition) is 0. The van der Waals surface area contributed by atoms with Crippen molar-refractivity contribution in [1.29, 1.82) is 0 Å². The van der Waals surface area contributed by atoms with Crippen molar-refractivity contribution in [3.05, 3.63) is 210 Å².